The van der Waals surface area contributed by atoms with Gasteiger partial charge in [0, 0.05) is 10.7 Å². The van der Waals surface area contributed by atoms with Crippen molar-refractivity contribution in [2.24, 2.45) is 0 Å². The van der Waals surface area contributed by atoms with Gasteiger partial charge in [-0.15, -0.1) is 0 Å². The molecule has 0 saturated carbocycles. The van der Waals surface area contributed by atoms with Gasteiger partial charge in [-0.25, -0.2) is 17.2 Å². The van der Waals surface area contributed by atoms with Crippen molar-refractivity contribution < 1.29 is 17.2 Å². The second-order valence-corrected chi connectivity index (χ2v) is 6.13. The Labute approximate surface area is 75.3 Å². The summed E-state index contributed by atoms with van der Waals surface area (Å²) in [7, 11) is 0.782. The quantitative estimate of drug-likeness (QED) is 0.682. The van der Waals surface area contributed by atoms with Crippen LogP contribution in [0.2, 0.25) is 0 Å². The zero-order chi connectivity index (χ0) is 10.2. The zero-order valence-electron chi connectivity index (χ0n) is 7.07. The van der Waals surface area contributed by atoms with E-state index in [-0.39, 0.29) is 0 Å². The standard InChI is InChI=1S/C6H11ClF2O2S/c1-5(2,8)6(3,9)4-12(7,10)11/h4H2,1-3H3. The highest BCUT2D eigenvalue weighted by atomic mass is 35.7. The molecule has 0 aromatic carbocycles. The van der Waals surface area contributed by atoms with Gasteiger partial charge in [-0.1, -0.05) is 0 Å². The highest BCUT2D eigenvalue weighted by molar-refractivity contribution is 8.13. The third-order valence-corrected chi connectivity index (χ3v) is 2.90. The molecule has 74 valence electrons. The van der Waals surface area contributed by atoms with Crippen molar-refractivity contribution in [2.45, 2.75) is 32.1 Å². The molecule has 1 atom stereocenters. The molecule has 0 saturated heterocycles. The van der Waals surface area contributed by atoms with Gasteiger partial charge in [-0.2, -0.15) is 0 Å². The van der Waals surface area contributed by atoms with Crippen LogP contribution in [0.5, 0.6) is 0 Å². The fourth-order valence-electron chi connectivity index (χ4n) is 0.495. The lowest BCUT2D eigenvalue weighted by Crippen LogP contribution is -2.44. The Morgan fingerprint density at radius 3 is 1.67 bits per heavy atom. The first-order valence-corrected chi connectivity index (χ1v) is 5.74. The first-order chi connectivity index (χ1) is 4.96. The lowest BCUT2D eigenvalue weighted by Gasteiger charge is -2.29. The Morgan fingerprint density at radius 2 is 1.58 bits per heavy atom. The molecular weight excluding hydrogens is 210 g/mol. The van der Waals surface area contributed by atoms with Crippen molar-refractivity contribution in [3.63, 3.8) is 0 Å². The molecular formula is C6H11ClF2O2S. The molecule has 6 heteroatoms. The van der Waals surface area contributed by atoms with E-state index < -0.39 is 26.1 Å². The van der Waals surface area contributed by atoms with Crippen LogP contribution in [0.4, 0.5) is 8.78 Å². The molecule has 0 spiro atoms. The Balaban J connectivity index is 4.67. The van der Waals surface area contributed by atoms with E-state index in [9.17, 15) is 17.2 Å². The van der Waals surface area contributed by atoms with Crippen LogP contribution < -0.4 is 0 Å². The minimum atomic E-state index is -4.01. The number of halogens is 3. The van der Waals surface area contributed by atoms with Crippen LogP contribution in [0.1, 0.15) is 20.8 Å². The number of rotatable bonds is 3. The second kappa shape index (κ2) is 3.10. The van der Waals surface area contributed by atoms with Crippen molar-refractivity contribution in [3.8, 4) is 0 Å². The fraction of sp³-hybridized carbons (Fsp3) is 1.00. The Kier molecular flexibility index (Phi) is 3.13. The van der Waals surface area contributed by atoms with Gasteiger partial charge in [0.1, 0.15) is 11.4 Å². The maximum atomic E-state index is 13.3. The molecule has 0 aliphatic heterocycles. The van der Waals surface area contributed by atoms with Crippen LogP contribution in [0.15, 0.2) is 0 Å². The summed E-state index contributed by atoms with van der Waals surface area (Å²) in [5.74, 6) is -1.02. The van der Waals surface area contributed by atoms with Gasteiger partial charge >= 0.3 is 0 Å². The predicted molar refractivity (Wildman–Crippen MR) is 44.3 cm³/mol. The number of alkyl halides is 2. The highest BCUT2D eigenvalue weighted by Crippen LogP contribution is 2.31. The molecule has 0 aromatic rings. The summed E-state index contributed by atoms with van der Waals surface area (Å²) in [6, 6.07) is 0. The van der Waals surface area contributed by atoms with Crippen LogP contribution >= 0.6 is 10.7 Å². The summed E-state index contributed by atoms with van der Waals surface area (Å²) >= 11 is 0. The normalized spacial score (nSPS) is 18.8. The average molecular weight is 221 g/mol. The SMILES string of the molecule is CC(C)(F)C(C)(F)CS(=O)(=O)Cl. The third-order valence-electron chi connectivity index (χ3n) is 1.68. The molecule has 2 nitrogen and oxygen atoms in total. The average Bonchev–Trinajstić information content (AvgIpc) is 1.52. The predicted octanol–water partition coefficient (Wildman–Crippen LogP) is 2.03. The lowest BCUT2D eigenvalue weighted by molar-refractivity contribution is 0.0177. The molecule has 0 N–H and O–H groups in total. The van der Waals surface area contributed by atoms with E-state index in [4.69, 9.17) is 10.7 Å². The molecule has 0 fully saturated rings. The molecule has 12 heavy (non-hydrogen) atoms. The second-order valence-electron chi connectivity index (χ2n) is 3.35. The molecule has 0 aliphatic rings. The highest BCUT2D eigenvalue weighted by Gasteiger charge is 2.45. The first-order valence-electron chi connectivity index (χ1n) is 3.26. The van der Waals surface area contributed by atoms with Crippen molar-refractivity contribution in [3.05, 3.63) is 0 Å². The summed E-state index contributed by atoms with van der Waals surface area (Å²) in [6.07, 6.45) is 0. The molecule has 0 heterocycles. The monoisotopic (exact) mass is 220 g/mol. The van der Waals surface area contributed by atoms with Gasteiger partial charge in [-0.3, -0.25) is 0 Å². The maximum absolute atomic E-state index is 13.3. The Morgan fingerprint density at radius 1 is 1.25 bits per heavy atom. The topological polar surface area (TPSA) is 34.1 Å². The first kappa shape index (κ1) is 12.1. The number of hydrogen-bond donors (Lipinski definition) is 0. The Hall–Kier alpha value is 0.1000. The molecule has 0 radical (unpaired) electrons. The van der Waals surface area contributed by atoms with Crippen LogP contribution in [-0.4, -0.2) is 25.5 Å². The van der Waals surface area contributed by atoms with E-state index in [1.807, 2.05) is 0 Å². The summed E-state index contributed by atoms with van der Waals surface area (Å²) in [5, 5.41) is 0. The van der Waals surface area contributed by atoms with Crippen LogP contribution in [-0.2, 0) is 9.05 Å². The van der Waals surface area contributed by atoms with E-state index in [1.54, 1.807) is 0 Å². The van der Waals surface area contributed by atoms with E-state index in [1.165, 1.54) is 0 Å². The van der Waals surface area contributed by atoms with Crippen molar-refractivity contribution >= 4 is 19.7 Å². The van der Waals surface area contributed by atoms with Gasteiger partial charge in [0.15, 0.2) is 5.67 Å². The molecule has 0 rings (SSSR count). The minimum Gasteiger partial charge on any atom is -0.241 e. The molecule has 0 aliphatic carbocycles. The van der Waals surface area contributed by atoms with Crippen LogP contribution in [0, 0.1) is 0 Å². The molecule has 0 aromatic heterocycles. The lowest BCUT2D eigenvalue weighted by atomic mass is 9.93. The molecule has 0 bridgehead atoms. The number of hydrogen-bond acceptors (Lipinski definition) is 2. The van der Waals surface area contributed by atoms with E-state index >= 15 is 0 Å². The summed E-state index contributed by atoms with van der Waals surface area (Å²) in [6.45, 7) is 2.80. The third kappa shape index (κ3) is 3.67. The fourth-order valence-corrected chi connectivity index (χ4v) is 2.10. The van der Waals surface area contributed by atoms with Gasteiger partial charge < -0.3 is 0 Å². The van der Waals surface area contributed by atoms with Crippen LogP contribution in [0.3, 0.4) is 0 Å². The summed E-state index contributed by atoms with van der Waals surface area (Å²) in [4.78, 5) is 0. The zero-order valence-corrected chi connectivity index (χ0v) is 8.64. The minimum absolute atomic E-state index is 0.868. The van der Waals surface area contributed by atoms with E-state index in [2.05, 4.69) is 0 Å². The maximum Gasteiger partial charge on any atom is 0.235 e. The van der Waals surface area contributed by atoms with E-state index in [0.717, 1.165) is 20.8 Å². The van der Waals surface area contributed by atoms with E-state index in [0.29, 0.717) is 0 Å². The Bertz CT molecular complexity index is 253. The van der Waals surface area contributed by atoms with Crippen molar-refractivity contribution in [1.82, 2.24) is 0 Å². The smallest absolute Gasteiger partial charge is 0.235 e. The van der Waals surface area contributed by atoms with Crippen molar-refractivity contribution in [2.75, 3.05) is 5.75 Å². The summed E-state index contributed by atoms with van der Waals surface area (Å²) in [5.41, 5.74) is -4.69. The van der Waals surface area contributed by atoms with Gasteiger partial charge in [0.25, 0.3) is 0 Å². The van der Waals surface area contributed by atoms with Crippen molar-refractivity contribution in [1.29, 1.82) is 0 Å². The van der Waals surface area contributed by atoms with Gasteiger partial charge in [0.05, 0.1) is 0 Å². The molecule has 0 amide bonds. The van der Waals surface area contributed by atoms with Gasteiger partial charge in [-0.05, 0) is 20.8 Å². The summed E-state index contributed by atoms with van der Waals surface area (Å²) < 4.78 is 47.2. The van der Waals surface area contributed by atoms with Gasteiger partial charge in [0.2, 0.25) is 9.05 Å². The molecule has 1 unspecified atom stereocenters. The largest absolute Gasteiger partial charge is 0.241 e. The van der Waals surface area contributed by atoms with Crippen LogP contribution in [0.25, 0.3) is 0 Å².